The average molecular weight is 278 g/mol. The van der Waals surface area contributed by atoms with E-state index in [1.165, 1.54) is 7.11 Å². The Bertz CT molecular complexity index is 430. The molecule has 0 aromatic carbocycles. The van der Waals surface area contributed by atoms with Crippen molar-refractivity contribution in [3.8, 4) is 0 Å². The van der Waals surface area contributed by atoms with E-state index in [4.69, 9.17) is 9.29 Å². The van der Waals surface area contributed by atoms with Crippen LogP contribution in [-0.2, 0) is 19.6 Å². The molecule has 0 aromatic rings. The summed E-state index contributed by atoms with van der Waals surface area (Å²) in [6.45, 7) is 0. The number of carbonyl (C=O) groups excluding carboxylic acids is 1. The molecule has 0 radical (unpaired) electrons. The second-order valence-electron chi connectivity index (χ2n) is 5.50. The molecule has 3 aliphatic carbocycles. The van der Waals surface area contributed by atoms with Crippen molar-refractivity contribution in [2.75, 3.05) is 7.11 Å². The molecule has 0 aromatic heterocycles. The van der Waals surface area contributed by atoms with Gasteiger partial charge >= 0.3 is 5.97 Å². The number of aliphatic hydroxyl groups is 1. The van der Waals surface area contributed by atoms with Crippen molar-refractivity contribution >= 4 is 16.1 Å². The lowest BCUT2D eigenvalue weighted by atomic mass is 9.54. The molecule has 0 spiro atoms. The van der Waals surface area contributed by atoms with Crippen molar-refractivity contribution < 1.29 is 27.6 Å². The van der Waals surface area contributed by atoms with Crippen LogP contribution < -0.4 is 0 Å². The zero-order valence-corrected chi connectivity index (χ0v) is 11.1. The topological polar surface area (TPSA) is 101 Å². The first-order valence-electron chi connectivity index (χ1n) is 5.99. The molecule has 0 amide bonds. The molecular weight excluding hydrogens is 260 g/mol. The number of ether oxygens (including phenoxy) is 1. The molecule has 3 aliphatic rings. The first kappa shape index (κ1) is 13.8. The maximum absolute atomic E-state index is 11.8. The second-order valence-corrected chi connectivity index (χ2v) is 6.98. The molecular formula is C11H18O6S. The van der Waals surface area contributed by atoms with E-state index in [1.807, 2.05) is 0 Å². The Balaban J connectivity index is 2.20. The third-order valence-corrected chi connectivity index (χ3v) is 5.79. The third-order valence-electron chi connectivity index (χ3n) is 4.73. The van der Waals surface area contributed by atoms with E-state index in [0.29, 0.717) is 38.5 Å². The van der Waals surface area contributed by atoms with Crippen molar-refractivity contribution in [1.29, 1.82) is 0 Å². The van der Waals surface area contributed by atoms with Crippen LogP contribution in [0.2, 0.25) is 0 Å². The zero-order chi connectivity index (χ0) is 13.6. The number of hydrogen-bond donors (Lipinski definition) is 2. The predicted molar refractivity (Wildman–Crippen MR) is 62.1 cm³/mol. The van der Waals surface area contributed by atoms with Crippen molar-refractivity contribution in [2.24, 2.45) is 10.8 Å². The van der Waals surface area contributed by atoms with Crippen LogP contribution in [0.15, 0.2) is 0 Å². The van der Waals surface area contributed by atoms with Crippen LogP contribution >= 0.6 is 0 Å². The predicted octanol–water partition coefficient (Wildman–Crippen LogP) is 0.706. The van der Waals surface area contributed by atoms with Gasteiger partial charge in [0, 0.05) is 5.41 Å². The van der Waals surface area contributed by atoms with Crippen molar-refractivity contribution in [3.63, 3.8) is 0 Å². The smallest absolute Gasteiger partial charge is 0.311 e. The largest absolute Gasteiger partial charge is 0.469 e. The van der Waals surface area contributed by atoms with Crippen LogP contribution in [0.1, 0.15) is 38.5 Å². The van der Waals surface area contributed by atoms with Gasteiger partial charge in [-0.15, -0.1) is 0 Å². The molecule has 104 valence electrons. The second kappa shape index (κ2) is 4.18. The fourth-order valence-corrected chi connectivity index (χ4v) is 4.41. The van der Waals surface area contributed by atoms with Crippen LogP contribution in [-0.4, -0.2) is 36.6 Å². The third kappa shape index (κ3) is 1.94. The molecule has 2 N–H and O–H groups in total. The molecule has 3 saturated carbocycles. The van der Waals surface area contributed by atoms with E-state index >= 15 is 0 Å². The molecule has 7 heteroatoms. The quantitative estimate of drug-likeness (QED) is 0.582. The molecule has 1 atom stereocenters. The highest BCUT2D eigenvalue weighted by molar-refractivity contribution is 7.86. The number of esters is 1. The lowest BCUT2D eigenvalue weighted by Crippen LogP contribution is -2.52. The number of methoxy groups -OCH3 is 1. The summed E-state index contributed by atoms with van der Waals surface area (Å²) in [6.07, 6.45) is 2.78. The Hall–Kier alpha value is -0.660. The van der Waals surface area contributed by atoms with Gasteiger partial charge < -0.3 is 9.84 Å². The molecule has 1 unspecified atom stereocenters. The van der Waals surface area contributed by atoms with E-state index in [1.54, 1.807) is 0 Å². The minimum absolute atomic E-state index is 0.253. The Morgan fingerprint density at radius 2 is 1.61 bits per heavy atom. The summed E-state index contributed by atoms with van der Waals surface area (Å²) < 4.78 is 36.0. The van der Waals surface area contributed by atoms with Crippen LogP contribution in [0.25, 0.3) is 0 Å². The lowest BCUT2D eigenvalue weighted by Gasteiger charge is -2.52. The molecule has 0 aliphatic heterocycles. The van der Waals surface area contributed by atoms with Crippen molar-refractivity contribution in [3.05, 3.63) is 0 Å². The summed E-state index contributed by atoms with van der Waals surface area (Å²) in [5.74, 6) is -0.253. The minimum Gasteiger partial charge on any atom is -0.469 e. The summed E-state index contributed by atoms with van der Waals surface area (Å²) in [5.41, 5.74) is -3.07. The van der Waals surface area contributed by atoms with Gasteiger partial charge in [-0.1, -0.05) is 0 Å². The molecule has 0 saturated heterocycles. The van der Waals surface area contributed by atoms with Crippen LogP contribution in [0.4, 0.5) is 0 Å². The van der Waals surface area contributed by atoms with Gasteiger partial charge in [0.15, 0.2) is 5.44 Å². The summed E-state index contributed by atoms with van der Waals surface area (Å²) in [4.78, 5) is 11.8. The van der Waals surface area contributed by atoms with Gasteiger partial charge in [-0.25, -0.2) is 0 Å². The monoisotopic (exact) mass is 278 g/mol. The van der Waals surface area contributed by atoms with E-state index in [2.05, 4.69) is 0 Å². The zero-order valence-electron chi connectivity index (χ0n) is 10.3. The Morgan fingerprint density at radius 3 is 1.94 bits per heavy atom. The number of rotatable bonds is 3. The normalized spacial score (nSPS) is 37.3. The number of aliphatic hydroxyl groups excluding tert-OH is 1. The minimum atomic E-state index is -4.45. The summed E-state index contributed by atoms with van der Waals surface area (Å²) in [7, 11) is -3.11. The first-order valence-corrected chi connectivity index (χ1v) is 7.49. The van der Waals surface area contributed by atoms with Crippen LogP contribution in [0.5, 0.6) is 0 Å². The summed E-state index contributed by atoms with van der Waals surface area (Å²) >= 11 is 0. The Kier molecular flexibility index (Phi) is 3.19. The molecule has 18 heavy (non-hydrogen) atoms. The molecule has 0 heterocycles. The fraction of sp³-hybridized carbons (Fsp3) is 0.909. The van der Waals surface area contributed by atoms with Gasteiger partial charge in [0.1, 0.15) is 0 Å². The highest BCUT2D eigenvalue weighted by Gasteiger charge is 2.57. The van der Waals surface area contributed by atoms with Crippen molar-refractivity contribution in [2.45, 2.75) is 44.0 Å². The SMILES string of the molecule is COC(=O)C12CCC(C(O)S(=O)(=O)O)(CC1)CC2. The molecule has 3 fully saturated rings. The van der Waals surface area contributed by atoms with Crippen LogP contribution in [0, 0.1) is 10.8 Å². The van der Waals surface area contributed by atoms with Gasteiger partial charge in [-0.3, -0.25) is 9.35 Å². The van der Waals surface area contributed by atoms with Crippen molar-refractivity contribution in [1.82, 2.24) is 0 Å². The molecule has 6 nitrogen and oxygen atoms in total. The summed E-state index contributed by atoms with van der Waals surface area (Å²) in [5, 5.41) is 9.81. The van der Waals surface area contributed by atoms with Gasteiger partial charge in [0.05, 0.1) is 12.5 Å². The van der Waals surface area contributed by atoms with E-state index in [-0.39, 0.29) is 5.97 Å². The maximum atomic E-state index is 11.8. The van der Waals surface area contributed by atoms with E-state index in [9.17, 15) is 18.3 Å². The Labute approximate surface area is 106 Å². The highest BCUT2D eigenvalue weighted by Crippen LogP contribution is 2.59. The molecule has 2 bridgehead atoms. The Morgan fingerprint density at radius 1 is 1.17 bits per heavy atom. The number of carbonyl (C=O) groups is 1. The highest BCUT2D eigenvalue weighted by atomic mass is 32.2. The maximum Gasteiger partial charge on any atom is 0.311 e. The van der Waals surface area contributed by atoms with Crippen LogP contribution in [0.3, 0.4) is 0 Å². The average Bonchev–Trinajstić information content (AvgIpc) is 2.38. The van der Waals surface area contributed by atoms with E-state index < -0.39 is 26.4 Å². The van der Waals surface area contributed by atoms with Gasteiger partial charge in [-0.2, -0.15) is 8.42 Å². The first-order chi connectivity index (χ1) is 8.26. The van der Waals surface area contributed by atoms with Gasteiger partial charge in [-0.05, 0) is 38.5 Å². The molecule has 3 rings (SSSR count). The summed E-state index contributed by atoms with van der Waals surface area (Å²) in [6, 6.07) is 0. The van der Waals surface area contributed by atoms with E-state index in [0.717, 1.165) is 0 Å². The standard InChI is InChI=1S/C11H18O6S/c1-17-8(12)10-2-5-11(6-3-10,7-4-10)9(13)18(14,15)16/h9,13H,2-7H2,1H3,(H,14,15,16). The van der Waals surface area contributed by atoms with Gasteiger partial charge in [0.25, 0.3) is 10.1 Å². The van der Waals surface area contributed by atoms with Gasteiger partial charge in [0.2, 0.25) is 0 Å². The number of fused-ring (bicyclic) bond motifs is 3. The fourth-order valence-electron chi connectivity index (χ4n) is 3.42. The lowest BCUT2D eigenvalue weighted by molar-refractivity contribution is -0.165. The number of hydrogen-bond acceptors (Lipinski definition) is 5.